The quantitative estimate of drug-likeness (QED) is 0.802. The van der Waals surface area contributed by atoms with Gasteiger partial charge in [-0.05, 0) is 23.8 Å². The van der Waals surface area contributed by atoms with Crippen LogP contribution in [0.2, 0.25) is 8.67 Å². The minimum absolute atomic E-state index is 0.0381. The standard InChI is InChI=1S/C14H11Cl2NO4S/c15-11-5-10(13(16)22-11)14(19)21-6-8-2-1-3-9(4-8)20-7-12(17)18/h1-5H,6-7H2,(H2,17,18). The number of carbonyl (C=O) groups excluding carboxylic acids is 2. The largest absolute Gasteiger partial charge is 0.484 e. The molecule has 0 saturated heterocycles. The van der Waals surface area contributed by atoms with E-state index in [9.17, 15) is 9.59 Å². The van der Waals surface area contributed by atoms with Gasteiger partial charge in [-0.2, -0.15) is 0 Å². The maximum Gasteiger partial charge on any atom is 0.340 e. The van der Waals surface area contributed by atoms with Crippen LogP contribution in [0, 0.1) is 0 Å². The molecule has 0 fully saturated rings. The lowest BCUT2D eigenvalue weighted by Crippen LogP contribution is -2.20. The van der Waals surface area contributed by atoms with Gasteiger partial charge in [0, 0.05) is 0 Å². The number of thiophene rings is 1. The molecule has 0 radical (unpaired) electrons. The Balaban J connectivity index is 1.96. The number of benzene rings is 1. The number of halogens is 2. The van der Waals surface area contributed by atoms with Crippen molar-refractivity contribution in [1.82, 2.24) is 0 Å². The number of esters is 1. The van der Waals surface area contributed by atoms with Crippen LogP contribution in [0.3, 0.4) is 0 Å². The molecular weight excluding hydrogens is 349 g/mol. The minimum Gasteiger partial charge on any atom is -0.484 e. The Morgan fingerprint density at radius 3 is 2.64 bits per heavy atom. The van der Waals surface area contributed by atoms with Gasteiger partial charge in [0.25, 0.3) is 5.91 Å². The lowest BCUT2D eigenvalue weighted by molar-refractivity contribution is -0.119. The average molecular weight is 360 g/mol. The Labute approximate surface area is 140 Å². The van der Waals surface area contributed by atoms with E-state index >= 15 is 0 Å². The molecule has 116 valence electrons. The fourth-order valence-corrected chi connectivity index (χ4v) is 3.03. The summed E-state index contributed by atoms with van der Waals surface area (Å²) in [5, 5.41) is 0. The van der Waals surface area contributed by atoms with Crippen molar-refractivity contribution < 1.29 is 19.1 Å². The molecule has 0 unspecified atom stereocenters. The topological polar surface area (TPSA) is 78.6 Å². The molecular formula is C14H11Cl2NO4S. The number of rotatable bonds is 6. The van der Waals surface area contributed by atoms with Crippen LogP contribution in [0.5, 0.6) is 5.75 Å². The van der Waals surface area contributed by atoms with Gasteiger partial charge in [-0.1, -0.05) is 35.3 Å². The second-order valence-electron chi connectivity index (χ2n) is 4.22. The summed E-state index contributed by atoms with van der Waals surface area (Å²) in [5.41, 5.74) is 5.94. The van der Waals surface area contributed by atoms with Crippen molar-refractivity contribution in [2.45, 2.75) is 6.61 Å². The number of hydrogen-bond donors (Lipinski definition) is 1. The third-order valence-corrected chi connectivity index (χ3v) is 4.01. The van der Waals surface area contributed by atoms with Gasteiger partial charge in [0.1, 0.15) is 16.7 Å². The molecule has 2 N–H and O–H groups in total. The van der Waals surface area contributed by atoms with Gasteiger partial charge < -0.3 is 15.2 Å². The number of primary amides is 1. The van der Waals surface area contributed by atoms with E-state index in [4.69, 9.17) is 38.4 Å². The van der Waals surface area contributed by atoms with Crippen LogP contribution in [0.25, 0.3) is 0 Å². The Hall–Kier alpha value is -1.76. The molecule has 2 rings (SSSR count). The smallest absolute Gasteiger partial charge is 0.340 e. The molecule has 1 heterocycles. The second kappa shape index (κ2) is 7.49. The highest BCUT2D eigenvalue weighted by Crippen LogP contribution is 2.31. The first-order valence-corrected chi connectivity index (χ1v) is 7.65. The number of amides is 1. The Kier molecular flexibility index (Phi) is 5.65. The highest BCUT2D eigenvalue weighted by molar-refractivity contribution is 7.20. The number of ether oxygens (including phenoxy) is 2. The van der Waals surface area contributed by atoms with Crippen LogP contribution in [0.15, 0.2) is 30.3 Å². The zero-order valence-corrected chi connectivity index (χ0v) is 13.5. The lowest BCUT2D eigenvalue weighted by atomic mass is 10.2. The number of hydrogen-bond acceptors (Lipinski definition) is 5. The van der Waals surface area contributed by atoms with Crippen LogP contribution in [0.4, 0.5) is 0 Å². The van der Waals surface area contributed by atoms with Gasteiger partial charge >= 0.3 is 5.97 Å². The SMILES string of the molecule is NC(=O)COc1cccc(COC(=O)c2cc(Cl)sc2Cl)c1. The summed E-state index contributed by atoms with van der Waals surface area (Å²) in [7, 11) is 0. The van der Waals surface area contributed by atoms with E-state index < -0.39 is 11.9 Å². The summed E-state index contributed by atoms with van der Waals surface area (Å²) >= 11 is 12.8. The molecule has 0 aliphatic carbocycles. The minimum atomic E-state index is -0.569. The highest BCUT2D eigenvalue weighted by atomic mass is 35.5. The molecule has 0 aliphatic heterocycles. The van der Waals surface area contributed by atoms with Gasteiger partial charge in [0.15, 0.2) is 6.61 Å². The summed E-state index contributed by atoms with van der Waals surface area (Å²) in [4.78, 5) is 22.6. The van der Waals surface area contributed by atoms with Gasteiger partial charge in [-0.15, -0.1) is 11.3 Å². The maximum absolute atomic E-state index is 11.9. The molecule has 1 amide bonds. The Bertz CT molecular complexity index is 702. The molecule has 22 heavy (non-hydrogen) atoms. The van der Waals surface area contributed by atoms with Gasteiger partial charge in [0.05, 0.1) is 9.90 Å². The number of nitrogens with two attached hydrogens (primary N) is 1. The Morgan fingerprint density at radius 2 is 2.00 bits per heavy atom. The van der Waals surface area contributed by atoms with Crippen LogP contribution in [-0.2, 0) is 16.1 Å². The zero-order valence-electron chi connectivity index (χ0n) is 11.2. The summed E-state index contributed by atoms with van der Waals surface area (Å²) in [6.07, 6.45) is 0. The molecule has 2 aromatic rings. The van der Waals surface area contributed by atoms with Gasteiger partial charge in [-0.3, -0.25) is 4.79 Å². The zero-order chi connectivity index (χ0) is 16.1. The molecule has 0 bridgehead atoms. The van der Waals surface area contributed by atoms with Crippen molar-refractivity contribution in [3.05, 3.63) is 50.1 Å². The normalized spacial score (nSPS) is 10.3. The molecule has 1 aromatic carbocycles. The fourth-order valence-electron chi connectivity index (χ4n) is 1.59. The van der Waals surface area contributed by atoms with Gasteiger partial charge in [-0.25, -0.2) is 4.79 Å². The van der Waals surface area contributed by atoms with Crippen LogP contribution in [-0.4, -0.2) is 18.5 Å². The summed E-state index contributed by atoms with van der Waals surface area (Å²) in [6.45, 7) is -0.178. The molecule has 0 saturated carbocycles. The fraction of sp³-hybridized carbons (Fsp3) is 0.143. The molecule has 1 aromatic heterocycles. The molecule has 0 atom stereocenters. The van der Waals surface area contributed by atoms with Crippen molar-refractivity contribution >= 4 is 46.4 Å². The summed E-state index contributed by atoms with van der Waals surface area (Å²) in [5.74, 6) is -0.665. The van der Waals surface area contributed by atoms with E-state index in [-0.39, 0.29) is 23.1 Å². The molecule has 0 spiro atoms. The Morgan fingerprint density at radius 1 is 1.23 bits per heavy atom. The van der Waals surface area contributed by atoms with Gasteiger partial charge in [0.2, 0.25) is 0 Å². The number of carbonyl (C=O) groups is 2. The second-order valence-corrected chi connectivity index (χ2v) is 6.50. The van der Waals surface area contributed by atoms with E-state index in [1.165, 1.54) is 6.07 Å². The van der Waals surface area contributed by atoms with E-state index in [1.807, 2.05) is 0 Å². The van der Waals surface area contributed by atoms with Crippen LogP contribution >= 0.6 is 34.5 Å². The van der Waals surface area contributed by atoms with Crippen LogP contribution < -0.4 is 10.5 Å². The first-order valence-electron chi connectivity index (χ1n) is 6.07. The van der Waals surface area contributed by atoms with Crippen molar-refractivity contribution in [3.8, 4) is 5.75 Å². The predicted molar refractivity (Wildman–Crippen MR) is 84.6 cm³/mol. The lowest BCUT2D eigenvalue weighted by Gasteiger charge is -2.07. The van der Waals surface area contributed by atoms with E-state index in [0.29, 0.717) is 15.6 Å². The monoisotopic (exact) mass is 359 g/mol. The molecule has 0 aliphatic rings. The van der Waals surface area contributed by atoms with E-state index in [0.717, 1.165) is 11.3 Å². The van der Waals surface area contributed by atoms with Crippen molar-refractivity contribution in [1.29, 1.82) is 0 Å². The highest BCUT2D eigenvalue weighted by Gasteiger charge is 2.15. The van der Waals surface area contributed by atoms with E-state index in [2.05, 4.69) is 0 Å². The maximum atomic E-state index is 11.9. The predicted octanol–water partition coefficient (Wildman–Crippen LogP) is 3.28. The van der Waals surface area contributed by atoms with Crippen LogP contribution in [0.1, 0.15) is 15.9 Å². The first kappa shape index (κ1) is 16.6. The van der Waals surface area contributed by atoms with Crippen molar-refractivity contribution in [2.24, 2.45) is 5.73 Å². The van der Waals surface area contributed by atoms with E-state index in [1.54, 1.807) is 24.3 Å². The summed E-state index contributed by atoms with van der Waals surface area (Å²) < 4.78 is 11.0. The van der Waals surface area contributed by atoms with Crippen molar-refractivity contribution in [2.75, 3.05) is 6.61 Å². The van der Waals surface area contributed by atoms with Crippen molar-refractivity contribution in [3.63, 3.8) is 0 Å². The third-order valence-electron chi connectivity index (χ3n) is 2.53. The summed E-state index contributed by atoms with van der Waals surface area (Å²) in [6, 6.07) is 8.26. The molecule has 5 nitrogen and oxygen atoms in total. The average Bonchev–Trinajstić information content (AvgIpc) is 2.82. The first-order chi connectivity index (χ1) is 10.5. The third kappa shape index (κ3) is 4.62. The molecule has 8 heteroatoms.